The van der Waals surface area contributed by atoms with Gasteiger partial charge in [-0.05, 0) is 52.0 Å². The van der Waals surface area contributed by atoms with Crippen LogP contribution in [0, 0.1) is 6.92 Å². The topological polar surface area (TPSA) is 84.2 Å². The summed E-state index contributed by atoms with van der Waals surface area (Å²) in [6.07, 6.45) is -3.06. The third-order valence-electron chi connectivity index (χ3n) is 6.93. The molecule has 1 aliphatic rings. The molecule has 3 heterocycles. The monoisotopic (exact) mass is 541 g/mol. The first-order chi connectivity index (χ1) is 18.1. The second kappa shape index (κ2) is 10.3. The number of amides is 1. The van der Waals surface area contributed by atoms with Crippen molar-refractivity contribution >= 4 is 17.2 Å². The molecule has 5 rings (SSSR count). The van der Waals surface area contributed by atoms with Gasteiger partial charge in [0.25, 0.3) is 5.91 Å². The molecule has 0 saturated carbocycles. The molecule has 1 N–H and O–H groups in total. The molecule has 38 heavy (non-hydrogen) atoms. The van der Waals surface area contributed by atoms with Gasteiger partial charge in [0.1, 0.15) is 5.01 Å². The Morgan fingerprint density at radius 2 is 1.84 bits per heavy atom. The number of alkyl halides is 3. The Hall–Kier alpha value is -3.57. The molecule has 1 fully saturated rings. The fraction of sp³-hybridized carbons (Fsp3) is 0.333. The molecule has 2 aromatic heterocycles. The highest BCUT2D eigenvalue weighted by molar-refractivity contribution is 7.13. The van der Waals surface area contributed by atoms with E-state index in [4.69, 9.17) is 4.98 Å². The number of aryl methyl sites for hydroxylation is 1. The number of rotatable bonds is 6. The van der Waals surface area contributed by atoms with E-state index in [1.54, 1.807) is 23.5 Å². The SMILES string of the molecule is Cc1ccc(-c2nc(C3(CNC(=O)c4cccc(-c5noc(C(F)(F)F)n5)c4)CCN(C)CC3)cs2)cc1. The molecule has 1 amide bonds. The lowest BCUT2D eigenvalue weighted by Gasteiger charge is -2.39. The second-order valence-electron chi connectivity index (χ2n) is 9.67. The number of piperidine rings is 1. The first-order valence-electron chi connectivity index (χ1n) is 12.1. The normalized spacial score (nSPS) is 15.9. The van der Waals surface area contributed by atoms with Gasteiger partial charge in [-0.2, -0.15) is 18.2 Å². The van der Waals surface area contributed by atoms with Gasteiger partial charge in [0.05, 0.1) is 5.69 Å². The van der Waals surface area contributed by atoms with E-state index in [9.17, 15) is 18.0 Å². The van der Waals surface area contributed by atoms with Crippen molar-refractivity contribution in [3.63, 3.8) is 0 Å². The second-order valence-corrected chi connectivity index (χ2v) is 10.5. The maximum atomic E-state index is 13.1. The maximum absolute atomic E-state index is 13.1. The Bertz CT molecular complexity index is 1420. The number of carbonyl (C=O) groups is 1. The molecule has 2 aromatic carbocycles. The third kappa shape index (κ3) is 5.48. The van der Waals surface area contributed by atoms with Crippen molar-refractivity contribution in [3.05, 3.63) is 76.6 Å². The summed E-state index contributed by atoms with van der Waals surface area (Å²) in [7, 11) is 2.08. The van der Waals surface area contributed by atoms with Crippen molar-refractivity contribution in [3.8, 4) is 22.0 Å². The summed E-state index contributed by atoms with van der Waals surface area (Å²) in [5, 5.41) is 9.49. The molecule has 0 bridgehead atoms. The lowest BCUT2D eigenvalue weighted by Crippen LogP contribution is -2.48. The van der Waals surface area contributed by atoms with Crippen molar-refractivity contribution in [1.82, 2.24) is 25.3 Å². The van der Waals surface area contributed by atoms with Crippen LogP contribution in [0.25, 0.3) is 22.0 Å². The molecule has 0 unspecified atom stereocenters. The number of benzene rings is 2. The highest BCUT2D eigenvalue weighted by Crippen LogP contribution is 2.37. The Kier molecular flexibility index (Phi) is 7.06. The van der Waals surface area contributed by atoms with E-state index < -0.39 is 12.1 Å². The number of halogens is 3. The van der Waals surface area contributed by atoms with Crippen LogP contribution in [-0.2, 0) is 11.6 Å². The first kappa shape index (κ1) is 26.1. The molecule has 11 heteroatoms. The molecule has 0 atom stereocenters. The van der Waals surface area contributed by atoms with Crippen LogP contribution in [0.4, 0.5) is 13.2 Å². The minimum atomic E-state index is -4.74. The van der Waals surface area contributed by atoms with Gasteiger partial charge in [-0.3, -0.25) is 4.79 Å². The predicted molar refractivity (Wildman–Crippen MR) is 138 cm³/mol. The molecule has 4 aromatic rings. The highest BCUT2D eigenvalue weighted by Gasteiger charge is 2.39. The lowest BCUT2D eigenvalue weighted by atomic mass is 9.76. The number of thiazole rings is 1. The molecule has 1 aliphatic heterocycles. The van der Waals surface area contributed by atoms with E-state index >= 15 is 0 Å². The summed E-state index contributed by atoms with van der Waals surface area (Å²) < 4.78 is 42.9. The quantitative estimate of drug-likeness (QED) is 0.343. The minimum absolute atomic E-state index is 0.232. The first-order valence-corrected chi connectivity index (χ1v) is 13.0. The Morgan fingerprint density at radius 1 is 1.11 bits per heavy atom. The molecular weight excluding hydrogens is 515 g/mol. The zero-order chi connectivity index (χ0) is 26.9. The Labute approximate surface area is 221 Å². The zero-order valence-corrected chi connectivity index (χ0v) is 21.7. The zero-order valence-electron chi connectivity index (χ0n) is 20.9. The lowest BCUT2D eigenvalue weighted by molar-refractivity contribution is -0.159. The van der Waals surface area contributed by atoms with Gasteiger partial charge in [0.2, 0.25) is 5.82 Å². The van der Waals surface area contributed by atoms with Gasteiger partial charge in [0, 0.05) is 34.0 Å². The van der Waals surface area contributed by atoms with Crippen LogP contribution in [0.3, 0.4) is 0 Å². The number of nitrogens with one attached hydrogen (secondary N) is 1. The fourth-order valence-corrected chi connectivity index (χ4v) is 5.47. The number of aromatic nitrogens is 3. The maximum Gasteiger partial charge on any atom is 0.471 e. The van der Waals surface area contributed by atoms with E-state index in [1.165, 1.54) is 17.7 Å². The number of hydrogen-bond donors (Lipinski definition) is 1. The molecule has 7 nitrogen and oxygen atoms in total. The van der Waals surface area contributed by atoms with Gasteiger partial charge in [-0.25, -0.2) is 4.98 Å². The Balaban J connectivity index is 1.35. The van der Waals surface area contributed by atoms with Gasteiger partial charge in [-0.1, -0.05) is 47.1 Å². The molecular formula is C27H26F3N5O2S. The van der Waals surface area contributed by atoms with Crippen molar-refractivity contribution in [2.75, 3.05) is 26.7 Å². The number of nitrogens with zero attached hydrogens (tertiary/aromatic N) is 4. The average molecular weight is 542 g/mol. The summed E-state index contributed by atoms with van der Waals surface area (Å²) >= 11 is 1.60. The van der Waals surface area contributed by atoms with E-state index in [-0.39, 0.29) is 22.7 Å². The molecule has 0 radical (unpaired) electrons. The van der Waals surface area contributed by atoms with Gasteiger partial charge >= 0.3 is 12.1 Å². The van der Waals surface area contributed by atoms with Crippen LogP contribution in [0.2, 0.25) is 0 Å². The van der Waals surface area contributed by atoms with Gasteiger partial charge < -0.3 is 14.7 Å². The van der Waals surface area contributed by atoms with Gasteiger partial charge in [0.15, 0.2) is 0 Å². The smallest absolute Gasteiger partial charge is 0.351 e. The van der Waals surface area contributed by atoms with Crippen LogP contribution in [0.15, 0.2) is 58.4 Å². The fourth-order valence-electron chi connectivity index (χ4n) is 4.52. The van der Waals surface area contributed by atoms with Crippen molar-refractivity contribution in [2.45, 2.75) is 31.4 Å². The van der Waals surface area contributed by atoms with Crippen molar-refractivity contribution < 1.29 is 22.5 Å². The summed E-state index contributed by atoms with van der Waals surface area (Å²) in [6, 6.07) is 14.4. The van der Waals surface area contributed by atoms with Crippen LogP contribution in [0.5, 0.6) is 0 Å². The third-order valence-corrected chi connectivity index (χ3v) is 7.82. The summed E-state index contributed by atoms with van der Waals surface area (Å²) in [5.41, 5.74) is 3.44. The van der Waals surface area contributed by atoms with Crippen LogP contribution >= 0.6 is 11.3 Å². The van der Waals surface area contributed by atoms with Crippen LogP contribution < -0.4 is 5.32 Å². The van der Waals surface area contributed by atoms with E-state index in [2.05, 4.69) is 61.6 Å². The molecule has 198 valence electrons. The Morgan fingerprint density at radius 3 is 2.53 bits per heavy atom. The minimum Gasteiger partial charge on any atom is -0.351 e. The highest BCUT2D eigenvalue weighted by atomic mass is 32.1. The summed E-state index contributed by atoms with van der Waals surface area (Å²) in [6.45, 7) is 4.19. The van der Waals surface area contributed by atoms with E-state index in [1.807, 2.05) is 6.92 Å². The number of hydrogen-bond acceptors (Lipinski definition) is 7. The van der Waals surface area contributed by atoms with Gasteiger partial charge in [-0.15, -0.1) is 11.3 Å². The summed E-state index contributed by atoms with van der Waals surface area (Å²) in [5.74, 6) is -2.00. The molecule has 0 aliphatic carbocycles. The predicted octanol–water partition coefficient (Wildman–Crippen LogP) is 5.58. The number of likely N-dealkylation sites (tertiary alicyclic amines) is 1. The van der Waals surface area contributed by atoms with Crippen molar-refractivity contribution in [2.24, 2.45) is 0 Å². The van der Waals surface area contributed by atoms with Crippen molar-refractivity contribution in [1.29, 1.82) is 0 Å². The average Bonchev–Trinajstić information content (AvgIpc) is 3.60. The van der Waals surface area contributed by atoms with Crippen LogP contribution in [-0.4, -0.2) is 52.6 Å². The standard InChI is InChI=1S/C27H26F3N5O2S/c1-17-6-8-18(9-7-17)24-32-21(15-38-24)26(10-12-35(2)13-11-26)16-31-23(36)20-5-3-4-19(14-20)22-33-25(37-34-22)27(28,29)30/h3-9,14-15H,10-13,16H2,1-2H3,(H,31,36). The largest absolute Gasteiger partial charge is 0.471 e. The number of carbonyl (C=O) groups excluding carboxylic acids is 1. The van der Waals surface area contributed by atoms with E-state index in [0.29, 0.717) is 12.1 Å². The molecule has 1 saturated heterocycles. The van der Waals surface area contributed by atoms with Crippen LogP contribution in [0.1, 0.15) is 40.3 Å². The van der Waals surface area contributed by atoms with E-state index in [0.717, 1.165) is 42.2 Å². The summed E-state index contributed by atoms with van der Waals surface area (Å²) in [4.78, 5) is 23.8. The molecule has 0 spiro atoms.